The summed E-state index contributed by atoms with van der Waals surface area (Å²) in [5.41, 5.74) is 0.0164. The van der Waals surface area contributed by atoms with Gasteiger partial charge in [0.05, 0.1) is 10.5 Å². The fourth-order valence-electron chi connectivity index (χ4n) is 5.79. The van der Waals surface area contributed by atoms with Crippen LogP contribution in [-0.2, 0) is 16.9 Å². The van der Waals surface area contributed by atoms with Crippen molar-refractivity contribution in [3.05, 3.63) is 75.8 Å². The van der Waals surface area contributed by atoms with E-state index in [1.165, 1.54) is 12.1 Å². The van der Waals surface area contributed by atoms with E-state index in [4.69, 9.17) is 0 Å². The maximum Gasteiger partial charge on any atom is 0.269 e. The summed E-state index contributed by atoms with van der Waals surface area (Å²) >= 11 is 0. The van der Waals surface area contributed by atoms with Crippen LogP contribution in [0.25, 0.3) is 0 Å². The van der Waals surface area contributed by atoms with Crippen LogP contribution in [0.3, 0.4) is 0 Å². The Morgan fingerprint density at radius 2 is 1.84 bits per heavy atom. The summed E-state index contributed by atoms with van der Waals surface area (Å²) < 4.78 is 0. The standard InChI is InChI=1S/C25H29N3O4/c29-23(25(30,20-8-4-5-9-20)19-6-2-1-3-7-19)26-24-14-21(24)16-27(17-24)15-18-10-12-22(13-11-18)28(31)32/h1-3,6-7,10-13,20-21,30H,4-5,8-9,14-17H2,(H,26,29). The minimum absolute atomic E-state index is 0.0592. The number of carbonyl (C=O) groups is 1. The van der Waals surface area contributed by atoms with Gasteiger partial charge in [0.1, 0.15) is 0 Å². The van der Waals surface area contributed by atoms with E-state index in [1.807, 2.05) is 30.3 Å². The van der Waals surface area contributed by atoms with Gasteiger partial charge in [-0.3, -0.25) is 19.8 Å². The molecule has 7 nitrogen and oxygen atoms in total. The first kappa shape index (κ1) is 21.1. The zero-order valence-corrected chi connectivity index (χ0v) is 18.1. The topological polar surface area (TPSA) is 95.7 Å². The lowest BCUT2D eigenvalue weighted by atomic mass is 9.79. The van der Waals surface area contributed by atoms with Crippen LogP contribution >= 0.6 is 0 Å². The van der Waals surface area contributed by atoms with Crippen LogP contribution in [-0.4, -0.2) is 39.5 Å². The first-order valence-electron chi connectivity index (χ1n) is 11.5. The first-order chi connectivity index (χ1) is 15.4. The molecule has 3 atom stereocenters. The van der Waals surface area contributed by atoms with Crippen LogP contribution in [0.4, 0.5) is 5.69 Å². The third kappa shape index (κ3) is 3.69. The molecule has 3 fully saturated rings. The predicted molar refractivity (Wildman–Crippen MR) is 120 cm³/mol. The Labute approximate surface area is 187 Å². The van der Waals surface area contributed by atoms with Gasteiger partial charge >= 0.3 is 0 Å². The van der Waals surface area contributed by atoms with Crippen LogP contribution in [0.15, 0.2) is 54.6 Å². The molecule has 5 rings (SSSR count). The molecule has 0 aromatic heterocycles. The summed E-state index contributed by atoms with van der Waals surface area (Å²) in [7, 11) is 0. The second kappa shape index (κ2) is 7.98. The Balaban J connectivity index is 1.28. The number of amides is 1. The maximum atomic E-state index is 13.6. The Bertz CT molecular complexity index is 1010. The Kier molecular flexibility index (Phi) is 5.26. The quantitative estimate of drug-likeness (QED) is 0.514. The number of carbonyl (C=O) groups excluding carboxylic acids is 1. The fourth-order valence-corrected chi connectivity index (χ4v) is 5.79. The highest BCUT2D eigenvalue weighted by molar-refractivity contribution is 5.88. The summed E-state index contributed by atoms with van der Waals surface area (Å²) in [4.78, 5) is 26.3. The van der Waals surface area contributed by atoms with E-state index in [1.54, 1.807) is 12.1 Å². The molecule has 0 spiro atoms. The molecule has 0 radical (unpaired) electrons. The van der Waals surface area contributed by atoms with Crippen molar-refractivity contribution in [3.63, 3.8) is 0 Å². The number of aliphatic hydroxyl groups is 1. The number of hydrogen-bond donors (Lipinski definition) is 2. The number of likely N-dealkylation sites (tertiary alicyclic amines) is 1. The average Bonchev–Trinajstić information content (AvgIpc) is 3.14. The van der Waals surface area contributed by atoms with Gasteiger partial charge in [0.15, 0.2) is 5.60 Å². The molecule has 2 aromatic carbocycles. The molecule has 3 aliphatic rings. The Morgan fingerprint density at radius 1 is 1.16 bits per heavy atom. The summed E-state index contributed by atoms with van der Waals surface area (Å²) in [5, 5.41) is 25.9. The van der Waals surface area contributed by atoms with Gasteiger partial charge in [-0.25, -0.2) is 0 Å². The first-order valence-corrected chi connectivity index (χ1v) is 11.5. The number of hydrogen-bond acceptors (Lipinski definition) is 5. The molecule has 1 amide bonds. The lowest BCUT2D eigenvalue weighted by Crippen LogP contribution is -2.54. The van der Waals surface area contributed by atoms with Gasteiger partial charge in [-0.2, -0.15) is 0 Å². The second-order valence-corrected chi connectivity index (χ2v) is 9.72. The highest BCUT2D eigenvalue weighted by atomic mass is 16.6. The minimum atomic E-state index is -1.49. The summed E-state index contributed by atoms with van der Waals surface area (Å²) in [6, 6.07) is 16.0. The molecule has 2 saturated carbocycles. The molecule has 1 saturated heterocycles. The number of nitrogens with zero attached hydrogens (tertiary/aromatic N) is 2. The van der Waals surface area contributed by atoms with Crippen LogP contribution < -0.4 is 5.32 Å². The fraction of sp³-hybridized carbons (Fsp3) is 0.480. The van der Waals surface area contributed by atoms with Gasteiger partial charge < -0.3 is 10.4 Å². The van der Waals surface area contributed by atoms with Crippen LogP contribution in [0.5, 0.6) is 0 Å². The van der Waals surface area contributed by atoms with Gasteiger partial charge in [0, 0.05) is 37.7 Å². The van der Waals surface area contributed by atoms with E-state index in [0.717, 1.165) is 50.8 Å². The number of non-ortho nitro benzene ring substituents is 1. The largest absolute Gasteiger partial charge is 0.375 e. The van der Waals surface area contributed by atoms with Gasteiger partial charge in [0.25, 0.3) is 11.6 Å². The van der Waals surface area contributed by atoms with Crippen molar-refractivity contribution in [1.29, 1.82) is 0 Å². The minimum Gasteiger partial charge on any atom is -0.375 e. The third-order valence-electron chi connectivity index (χ3n) is 7.64. The van der Waals surface area contributed by atoms with Crippen molar-refractivity contribution in [2.75, 3.05) is 13.1 Å². The van der Waals surface area contributed by atoms with Gasteiger partial charge in [-0.05, 0) is 36.3 Å². The van der Waals surface area contributed by atoms with Crippen molar-refractivity contribution >= 4 is 11.6 Å². The van der Waals surface area contributed by atoms with Crippen molar-refractivity contribution in [1.82, 2.24) is 10.2 Å². The van der Waals surface area contributed by atoms with E-state index < -0.39 is 10.5 Å². The summed E-state index contributed by atoms with van der Waals surface area (Å²) in [6.45, 7) is 2.30. The zero-order chi connectivity index (χ0) is 22.3. The molecule has 32 heavy (non-hydrogen) atoms. The van der Waals surface area contributed by atoms with Gasteiger partial charge in [0.2, 0.25) is 0 Å². The van der Waals surface area contributed by atoms with Crippen molar-refractivity contribution in [2.24, 2.45) is 11.8 Å². The molecule has 1 heterocycles. The maximum absolute atomic E-state index is 13.6. The number of nitro benzene ring substituents is 1. The molecule has 7 heteroatoms. The highest BCUT2D eigenvalue weighted by Gasteiger charge is 2.62. The molecule has 0 bridgehead atoms. The smallest absolute Gasteiger partial charge is 0.269 e. The van der Waals surface area contributed by atoms with Crippen molar-refractivity contribution in [2.45, 2.75) is 49.8 Å². The average molecular weight is 436 g/mol. The molecular formula is C25H29N3O4. The molecule has 3 unspecified atom stereocenters. The van der Waals surface area contributed by atoms with Crippen molar-refractivity contribution in [3.8, 4) is 0 Å². The van der Waals surface area contributed by atoms with Crippen LogP contribution in [0.1, 0.15) is 43.2 Å². The summed E-state index contributed by atoms with van der Waals surface area (Å²) in [5.74, 6) is 0.0551. The zero-order valence-electron chi connectivity index (χ0n) is 18.1. The van der Waals surface area contributed by atoms with E-state index in [0.29, 0.717) is 18.0 Å². The van der Waals surface area contributed by atoms with E-state index in [-0.39, 0.29) is 23.1 Å². The molecule has 2 N–H and O–H groups in total. The Morgan fingerprint density at radius 3 is 2.50 bits per heavy atom. The van der Waals surface area contributed by atoms with Gasteiger partial charge in [-0.15, -0.1) is 0 Å². The normalized spacial score (nSPS) is 27.0. The lowest BCUT2D eigenvalue weighted by Gasteiger charge is -2.35. The molecule has 1 aliphatic heterocycles. The molecule has 2 aromatic rings. The number of nitro groups is 1. The number of nitrogens with one attached hydrogen (secondary N) is 1. The SMILES string of the molecule is O=C(NC12CC1CN(Cc1ccc([N+](=O)[O-])cc1)C2)C(O)(c1ccccc1)C1CCCC1. The predicted octanol–water partition coefficient (Wildman–Crippen LogP) is 3.36. The molecule has 168 valence electrons. The van der Waals surface area contributed by atoms with E-state index >= 15 is 0 Å². The third-order valence-corrected chi connectivity index (χ3v) is 7.64. The molecule has 2 aliphatic carbocycles. The van der Waals surface area contributed by atoms with E-state index in [9.17, 15) is 20.0 Å². The summed E-state index contributed by atoms with van der Waals surface area (Å²) in [6.07, 6.45) is 4.75. The van der Waals surface area contributed by atoms with Crippen LogP contribution in [0, 0.1) is 22.0 Å². The number of rotatable bonds is 7. The molecular weight excluding hydrogens is 406 g/mol. The Hall–Kier alpha value is -2.77. The lowest BCUT2D eigenvalue weighted by molar-refractivity contribution is -0.384. The monoisotopic (exact) mass is 435 g/mol. The van der Waals surface area contributed by atoms with E-state index in [2.05, 4.69) is 10.2 Å². The van der Waals surface area contributed by atoms with Crippen molar-refractivity contribution < 1.29 is 14.8 Å². The van der Waals surface area contributed by atoms with Gasteiger partial charge in [-0.1, -0.05) is 55.3 Å². The number of piperidine rings is 1. The highest BCUT2D eigenvalue weighted by Crippen LogP contribution is 2.51. The second-order valence-electron chi connectivity index (χ2n) is 9.72. The number of benzene rings is 2. The van der Waals surface area contributed by atoms with Crippen LogP contribution in [0.2, 0.25) is 0 Å². The number of fused-ring (bicyclic) bond motifs is 1.